The molecule has 2 N–H and O–H groups in total. The summed E-state index contributed by atoms with van der Waals surface area (Å²) in [6.07, 6.45) is 0. The first-order chi connectivity index (χ1) is 11.0. The second kappa shape index (κ2) is 6.30. The van der Waals surface area contributed by atoms with Gasteiger partial charge in [0.15, 0.2) is 0 Å². The van der Waals surface area contributed by atoms with Gasteiger partial charge in [0.2, 0.25) is 5.96 Å². The van der Waals surface area contributed by atoms with Crippen molar-refractivity contribution in [3.05, 3.63) is 59.1 Å². The van der Waals surface area contributed by atoms with Crippen molar-refractivity contribution in [1.82, 2.24) is 4.90 Å². The van der Waals surface area contributed by atoms with Crippen LogP contribution in [-0.4, -0.2) is 30.0 Å². The normalized spacial score (nSPS) is 14.3. The minimum Gasteiger partial charge on any atom is -0.311 e. The first-order valence-electron chi connectivity index (χ1n) is 7.31. The van der Waals surface area contributed by atoms with Gasteiger partial charge in [-0.15, -0.1) is 0 Å². The Labute approximate surface area is 140 Å². The molecule has 1 aliphatic rings. The lowest BCUT2D eigenvalue weighted by molar-refractivity contribution is 0.236. The number of halogens is 1. The highest BCUT2D eigenvalue weighted by Crippen LogP contribution is 2.21. The van der Waals surface area contributed by atoms with Gasteiger partial charge in [-0.05, 0) is 37.3 Å². The van der Waals surface area contributed by atoms with Crippen molar-refractivity contribution < 1.29 is 4.79 Å². The van der Waals surface area contributed by atoms with Crippen molar-refractivity contribution in [2.45, 2.75) is 6.92 Å². The molecule has 0 saturated carbocycles. The predicted octanol–water partition coefficient (Wildman–Crippen LogP) is 3.94. The molecule has 2 aromatic rings. The van der Waals surface area contributed by atoms with E-state index in [4.69, 9.17) is 17.0 Å². The fraction of sp³-hybridized carbons (Fsp3) is 0.176. The molecule has 1 heterocycles. The van der Waals surface area contributed by atoms with Gasteiger partial charge in [-0.2, -0.15) is 0 Å². The first-order valence-corrected chi connectivity index (χ1v) is 7.69. The third-order valence-corrected chi connectivity index (χ3v) is 3.96. The number of nitrogens with zero attached hydrogens (tertiary/aromatic N) is 2. The maximum Gasteiger partial charge on any atom is 0.328 e. The summed E-state index contributed by atoms with van der Waals surface area (Å²) in [5.74, 6) is 0.174. The molecule has 118 valence electrons. The molecule has 23 heavy (non-hydrogen) atoms. The van der Waals surface area contributed by atoms with Crippen LogP contribution in [0, 0.1) is 12.3 Å². The SMILES string of the molecule is Cc1ccc(N2CCN(C(=O)Nc3cccc(Cl)c3)C2=N)cc1. The fourth-order valence-corrected chi connectivity index (χ4v) is 2.68. The number of carbonyl (C=O) groups excluding carboxylic acids is 1. The molecule has 2 aromatic carbocycles. The Morgan fingerprint density at radius 3 is 2.61 bits per heavy atom. The molecule has 3 rings (SSSR count). The van der Waals surface area contributed by atoms with Gasteiger partial charge in [0.25, 0.3) is 0 Å². The maximum absolute atomic E-state index is 12.4. The van der Waals surface area contributed by atoms with Crippen molar-refractivity contribution in [2.24, 2.45) is 0 Å². The summed E-state index contributed by atoms with van der Waals surface area (Å²) in [5.41, 5.74) is 2.69. The standard InChI is InChI=1S/C17H17ClN4O/c1-12-5-7-15(8-6-12)21-9-10-22(16(21)19)17(23)20-14-4-2-3-13(18)11-14/h2-8,11,19H,9-10H2,1H3,(H,20,23). The van der Waals surface area contributed by atoms with Crippen molar-refractivity contribution in [1.29, 1.82) is 5.41 Å². The number of nitrogens with one attached hydrogen (secondary N) is 2. The lowest BCUT2D eigenvalue weighted by atomic mass is 10.2. The summed E-state index contributed by atoms with van der Waals surface area (Å²) < 4.78 is 0. The highest BCUT2D eigenvalue weighted by atomic mass is 35.5. The van der Waals surface area contributed by atoms with E-state index in [1.165, 1.54) is 4.90 Å². The van der Waals surface area contributed by atoms with Gasteiger partial charge in [0.1, 0.15) is 0 Å². The van der Waals surface area contributed by atoms with Crippen LogP contribution in [0.3, 0.4) is 0 Å². The minimum atomic E-state index is -0.327. The molecule has 0 radical (unpaired) electrons. The summed E-state index contributed by atoms with van der Waals surface area (Å²) in [6.45, 7) is 3.09. The Morgan fingerprint density at radius 1 is 1.17 bits per heavy atom. The Morgan fingerprint density at radius 2 is 1.91 bits per heavy atom. The van der Waals surface area contributed by atoms with Gasteiger partial charge in [0.05, 0.1) is 0 Å². The van der Waals surface area contributed by atoms with Gasteiger partial charge in [-0.3, -0.25) is 10.3 Å². The molecule has 0 aromatic heterocycles. The molecule has 0 aliphatic carbocycles. The molecule has 6 heteroatoms. The Hall–Kier alpha value is -2.53. The predicted molar refractivity (Wildman–Crippen MR) is 93.4 cm³/mol. The van der Waals surface area contributed by atoms with E-state index in [1.54, 1.807) is 24.3 Å². The highest BCUT2D eigenvalue weighted by molar-refractivity contribution is 6.30. The summed E-state index contributed by atoms with van der Waals surface area (Å²) in [5, 5.41) is 11.6. The topological polar surface area (TPSA) is 59.4 Å². The van der Waals surface area contributed by atoms with Crippen LogP contribution in [0.2, 0.25) is 5.02 Å². The number of urea groups is 1. The van der Waals surface area contributed by atoms with E-state index in [-0.39, 0.29) is 12.0 Å². The van der Waals surface area contributed by atoms with Crippen LogP contribution in [-0.2, 0) is 0 Å². The molecule has 1 fully saturated rings. The van der Waals surface area contributed by atoms with Crippen LogP contribution >= 0.6 is 11.6 Å². The summed E-state index contributed by atoms with van der Waals surface area (Å²) >= 11 is 5.92. The van der Waals surface area contributed by atoms with Crippen molar-refractivity contribution >= 4 is 35.0 Å². The summed E-state index contributed by atoms with van der Waals surface area (Å²) in [4.78, 5) is 15.6. The van der Waals surface area contributed by atoms with Crippen LogP contribution < -0.4 is 10.2 Å². The average molecular weight is 329 g/mol. The van der Waals surface area contributed by atoms with Crippen LogP contribution in [0.25, 0.3) is 0 Å². The van der Waals surface area contributed by atoms with E-state index in [0.717, 1.165) is 11.3 Å². The Balaban J connectivity index is 1.71. The molecule has 0 spiro atoms. The Bertz CT molecular complexity index is 745. The number of hydrogen-bond acceptors (Lipinski definition) is 2. The van der Waals surface area contributed by atoms with Gasteiger partial charge in [-0.25, -0.2) is 4.79 Å². The second-order valence-electron chi connectivity index (χ2n) is 5.40. The van der Waals surface area contributed by atoms with Crippen molar-refractivity contribution in [3.8, 4) is 0 Å². The molecule has 0 atom stereocenters. The van der Waals surface area contributed by atoms with Crippen LogP contribution in [0.15, 0.2) is 48.5 Å². The third-order valence-electron chi connectivity index (χ3n) is 3.73. The van der Waals surface area contributed by atoms with Gasteiger partial charge in [0, 0.05) is 29.5 Å². The van der Waals surface area contributed by atoms with Gasteiger partial charge in [-0.1, -0.05) is 35.4 Å². The van der Waals surface area contributed by atoms with E-state index in [9.17, 15) is 4.79 Å². The third kappa shape index (κ3) is 3.29. The minimum absolute atomic E-state index is 0.174. The number of aryl methyl sites for hydroxylation is 1. The Kier molecular flexibility index (Phi) is 4.21. The number of guanidine groups is 1. The molecule has 0 unspecified atom stereocenters. The summed E-state index contributed by atoms with van der Waals surface area (Å²) in [7, 11) is 0. The van der Waals surface area contributed by atoms with Crippen molar-refractivity contribution in [3.63, 3.8) is 0 Å². The second-order valence-corrected chi connectivity index (χ2v) is 5.84. The monoisotopic (exact) mass is 328 g/mol. The van der Waals surface area contributed by atoms with E-state index in [0.29, 0.717) is 23.8 Å². The first kappa shape index (κ1) is 15.4. The largest absolute Gasteiger partial charge is 0.328 e. The molecule has 2 amide bonds. The van der Waals surface area contributed by atoms with Gasteiger partial charge >= 0.3 is 6.03 Å². The zero-order chi connectivity index (χ0) is 16.4. The smallest absolute Gasteiger partial charge is 0.311 e. The zero-order valence-electron chi connectivity index (χ0n) is 12.7. The summed E-state index contributed by atoms with van der Waals surface area (Å²) in [6, 6.07) is 14.5. The lowest BCUT2D eigenvalue weighted by Crippen LogP contribution is -2.39. The number of amides is 2. The van der Waals surface area contributed by atoms with E-state index in [1.807, 2.05) is 36.1 Å². The lowest BCUT2D eigenvalue weighted by Gasteiger charge is -2.21. The highest BCUT2D eigenvalue weighted by Gasteiger charge is 2.30. The van der Waals surface area contributed by atoms with Crippen molar-refractivity contribution in [2.75, 3.05) is 23.3 Å². The number of benzene rings is 2. The molecule has 0 bridgehead atoms. The zero-order valence-corrected chi connectivity index (χ0v) is 13.5. The average Bonchev–Trinajstić information content (AvgIpc) is 2.90. The van der Waals surface area contributed by atoms with Gasteiger partial charge < -0.3 is 10.2 Å². The number of rotatable bonds is 2. The molecular weight excluding hydrogens is 312 g/mol. The van der Waals surface area contributed by atoms with Crippen LogP contribution in [0.4, 0.5) is 16.2 Å². The quantitative estimate of drug-likeness (QED) is 0.877. The fourth-order valence-electron chi connectivity index (χ4n) is 2.49. The number of anilines is 2. The maximum atomic E-state index is 12.4. The molecular formula is C17H17ClN4O. The van der Waals surface area contributed by atoms with Crippen LogP contribution in [0.5, 0.6) is 0 Å². The van der Waals surface area contributed by atoms with Crippen LogP contribution in [0.1, 0.15) is 5.56 Å². The van der Waals surface area contributed by atoms with E-state index in [2.05, 4.69) is 5.32 Å². The number of hydrogen-bond donors (Lipinski definition) is 2. The number of carbonyl (C=O) groups is 1. The van der Waals surface area contributed by atoms with E-state index >= 15 is 0 Å². The molecule has 5 nitrogen and oxygen atoms in total. The van der Waals surface area contributed by atoms with E-state index < -0.39 is 0 Å². The molecule has 1 saturated heterocycles. The molecule has 1 aliphatic heterocycles.